The maximum absolute atomic E-state index is 11.9. The first-order chi connectivity index (χ1) is 4.12. The Morgan fingerprint density at radius 1 is 1.00 bits per heavy atom. The van der Waals surface area contributed by atoms with Gasteiger partial charge in [0.1, 0.15) is 0 Å². The molecule has 0 saturated carbocycles. The van der Waals surface area contributed by atoms with Gasteiger partial charge < -0.3 is 0 Å². The lowest BCUT2D eigenvalue weighted by Gasteiger charge is -2.08. The first-order valence-corrected chi connectivity index (χ1v) is 3.50. The molecule has 0 aromatic carbocycles. The highest BCUT2D eigenvalue weighted by molar-refractivity contribution is 4.57. The molecule has 0 radical (unpaired) electrons. The molecular weight excluding hydrogens is 134 g/mol. The van der Waals surface area contributed by atoms with Gasteiger partial charge in [0.2, 0.25) is 5.92 Å². The highest BCUT2D eigenvalue weighted by Gasteiger charge is 2.21. The molecule has 0 aliphatic heterocycles. The number of hydrogen-bond donors (Lipinski definition) is 0. The zero-order valence-electron chi connectivity index (χ0n) is 6.67. The van der Waals surface area contributed by atoms with Crippen LogP contribution in [0.25, 0.3) is 0 Å². The minimum Gasteiger partial charge on any atom is -0.207 e. The van der Waals surface area contributed by atoms with Crippen molar-refractivity contribution in [1.82, 2.24) is 0 Å². The maximum atomic E-state index is 11.9. The molecule has 0 unspecified atom stereocenters. The normalized spacial score (nSPS) is 9.00. The average molecular weight is 154 g/mol. The van der Waals surface area contributed by atoms with E-state index in [0.29, 0.717) is 0 Å². The topological polar surface area (TPSA) is 0 Å². The third-order valence-electron chi connectivity index (χ3n) is 1.03. The number of hydrogen-bond acceptors (Lipinski definition) is 0. The quantitative estimate of drug-likeness (QED) is 0.561. The largest absolute Gasteiger partial charge is 0.247 e. The molecule has 0 nitrogen and oxygen atoms in total. The Labute approximate surface area is 63.6 Å². The van der Waals surface area contributed by atoms with E-state index in [-0.39, 0.29) is 20.3 Å². The second-order valence-corrected chi connectivity index (χ2v) is 1.56. The molecule has 0 rings (SSSR count). The van der Waals surface area contributed by atoms with Crippen LogP contribution >= 0.6 is 0 Å². The summed E-state index contributed by atoms with van der Waals surface area (Å²) in [5.74, 6) is -2.42. The van der Waals surface area contributed by atoms with Crippen molar-refractivity contribution in [2.45, 2.75) is 53.9 Å². The van der Waals surface area contributed by atoms with E-state index in [1.807, 2.05) is 13.8 Å². The fourth-order valence-electron chi connectivity index (χ4n) is 0.250. The van der Waals surface area contributed by atoms with Gasteiger partial charge >= 0.3 is 0 Å². The number of halogens is 2. The van der Waals surface area contributed by atoms with Crippen LogP contribution in [0.2, 0.25) is 0 Å². The van der Waals surface area contributed by atoms with Gasteiger partial charge in [-0.2, -0.15) is 0 Å². The Bertz CT molecular complexity index is 45.2. The summed E-state index contributed by atoms with van der Waals surface area (Å²) in [6.07, 6.45) is -0.0764. The molecule has 0 aromatic rings. The van der Waals surface area contributed by atoms with Gasteiger partial charge in [-0.25, -0.2) is 8.78 Å². The highest BCUT2D eigenvalue weighted by atomic mass is 19.3. The number of rotatable bonds is 2. The van der Waals surface area contributed by atoms with E-state index in [4.69, 9.17) is 0 Å². The van der Waals surface area contributed by atoms with E-state index < -0.39 is 5.92 Å². The Kier molecular flexibility index (Phi) is 14.6. The van der Waals surface area contributed by atoms with E-state index in [0.717, 1.165) is 0 Å². The van der Waals surface area contributed by atoms with Crippen LogP contribution in [0.3, 0.4) is 0 Å². The minimum absolute atomic E-state index is 0. The molecule has 0 aromatic heterocycles. The lowest BCUT2D eigenvalue weighted by molar-refractivity contribution is -0.00646. The molecule has 0 heterocycles. The predicted molar refractivity (Wildman–Crippen MR) is 43.6 cm³/mol. The van der Waals surface area contributed by atoms with Gasteiger partial charge in [-0.1, -0.05) is 35.1 Å². The van der Waals surface area contributed by atoms with Crippen LogP contribution in [0.1, 0.15) is 48.0 Å². The summed E-state index contributed by atoms with van der Waals surface area (Å²) < 4.78 is 23.8. The van der Waals surface area contributed by atoms with Crippen molar-refractivity contribution in [3.63, 3.8) is 0 Å². The van der Waals surface area contributed by atoms with Crippen molar-refractivity contribution in [2.75, 3.05) is 0 Å². The van der Waals surface area contributed by atoms with Crippen LogP contribution in [0, 0.1) is 0 Å². The Balaban J connectivity index is -0.000000149. The first-order valence-electron chi connectivity index (χ1n) is 3.50. The highest BCUT2D eigenvalue weighted by Crippen LogP contribution is 2.20. The molecule has 10 heavy (non-hydrogen) atoms. The molecule has 0 saturated heterocycles. The van der Waals surface area contributed by atoms with Crippen molar-refractivity contribution in [3.8, 4) is 0 Å². The molecular formula is C8H20F2. The van der Waals surface area contributed by atoms with Gasteiger partial charge in [0.05, 0.1) is 0 Å². The van der Waals surface area contributed by atoms with E-state index in [1.54, 1.807) is 0 Å². The van der Waals surface area contributed by atoms with Crippen LogP contribution in [-0.2, 0) is 0 Å². The number of alkyl halides is 2. The molecule has 0 spiro atoms. The second-order valence-electron chi connectivity index (χ2n) is 1.56. The standard InChI is InChI=1S/C5H10F2.C2H6.CH4/c1-3-5(6,7)4-2;1-2;/h3-4H2,1-2H3;1-2H3;1H4. The predicted octanol–water partition coefficient (Wildman–Crippen LogP) is 4.10. The third kappa shape index (κ3) is 10.8. The Hall–Kier alpha value is -0.140. The molecule has 2 heteroatoms. The molecule has 0 N–H and O–H groups in total. The summed E-state index contributed by atoms with van der Waals surface area (Å²) in [4.78, 5) is 0. The second kappa shape index (κ2) is 8.86. The molecule has 0 fully saturated rings. The lowest BCUT2D eigenvalue weighted by Crippen LogP contribution is -2.10. The molecule has 0 amide bonds. The van der Waals surface area contributed by atoms with Crippen molar-refractivity contribution in [1.29, 1.82) is 0 Å². The van der Waals surface area contributed by atoms with Crippen LogP contribution in [0.15, 0.2) is 0 Å². The third-order valence-corrected chi connectivity index (χ3v) is 1.03. The molecule has 0 aliphatic carbocycles. The van der Waals surface area contributed by atoms with Crippen molar-refractivity contribution in [2.24, 2.45) is 0 Å². The molecule has 0 atom stereocenters. The van der Waals surface area contributed by atoms with Gasteiger partial charge in [-0.3, -0.25) is 0 Å². The van der Waals surface area contributed by atoms with Gasteiger partial charge in [-0.05, 0) is 0 Å². The van der Waals surface area contributed by atoms with Gasteiger partial charge in [-0.15, -0.1) is 0 Å². The van der Waals surface area contributed by atoms with E-state index in [2.05, 4.69) is 0 Å². The summed E-state index contributed by atoms with van der Waals surface area (Å²) in [5, 5.41) is 0. The van der Waals surface area contributed by atoms with E-state index >= 15 is 0 Å². The summed E-state index contributed by atoms with van der Waals surface area (Å²) in [7, 11) is 0. The lowest BCUT2D eigenvalue weighted by atomic mass is 10.2. The van der Waals surface area contributed by atoms with Crippen molar-refractivity contribution >= 4 is 0 Å². The van der Waals surface area contributed by atoms with Crippen LogP contribution < -0.4 is 0 Å². The van der Waals surface area contributed by atoms with E-state index in [9.17, 15) is 8.78 Å². The summed E-state index contributed by atoms with van der Waals surface area (Å²) >= 11 is 0. The van der Waals surface area contributed by atoms with Crippen molar-refractivity contribution in [3.05, 3.63) is 0 Å². The Morgan fingerprint density at radius 3 is 1.20 bits per heavy atom. The summed E-state index contributed by atoms with van der Waals surface area (Å²) in [5.41, 5.74) is 0. The van der Waals surface area contributed by atoms with E-state index in [1.165, 1.54) is 13.8 Å². The molecule has 0 bridgehead atoms. The van der Waals surface area contributed by atoms with Crippen LogP contribution in [0.4, 0.5) is 8.78 Å². The van der Waals surface area contributed by atoms with Crippen LogP contribution in [-0.4, -0.2) is 5.92 Å². The first kappa shape index (κ1) is 16.4. The fraction of sp³-hybridized carbons (Fsp3) is 1.00. The molecule has 66 valence electrons. The molecule has 0 aliphatic rings. The fourth-order valence-corrected chi connectivity index (χ4v) is 0.250. The van der Waals surface area contributed by atoms with Gasteiger partial charge in [0, 0.05) is 12.8 Å². The van der Waals surface area contributed by atoms with Crippen LogP contribution in [0.5, 0.6) is 0 Å². The van der Waals surface area contributed by atoms with Gasteiger partial charge in [0.25, 0.3) is 0 Å². The van der Waals surface area contributed by atoms with Gasteiger partial charge in [0.15, 0.2) is 0 Å². The minimum atomic E-state index is -2.42. The maximum Gasteiger partial charge on any atom is 0.247 e. The van der Waals surface area contributed by atoms with Crippen molar-refractivity contribution < 1.29 is 8.78 Å². The monoisotopic (exact) mass is 154 g/mol. The Morgan fingerprint density at radius 2 is 1.20 bits per heavy atom. The SMILES string of the molecule is C.CC.CCC(F)(F)CC. The summed E-state index contributed by atoms with van der Waals surface area (Å²) in [6.45, 7) is 6.98. The summed E-state index contributed by atoms with van der Waals surface area (Å²) in [6, 6.07) is 0. The average Bonchev–Trinajstić information content (AvgIpc) is 1.93. The zero-order chi connectivity index (χ0) is 7.91. The smallest absolute Gasteiger partial charge is 0.207 e. The zero-order valence-corrected chi connectivity index (χ0v) is 6.67.